The Morgan fingerprint density at radius 1 is 0.264 bits per heavy atom. The van der Waals surface area contributed by atoms with Crippen LogP contribution < -0.4 is 26.2 Å². The summed E-state index contributed by atoms with van der Waals surface area (Å²) in [5, 5.41) is 0. The maximum absolute atomic E-state index is 2.65. The van der Waals surface area contributed by atoms with Crippen LogP contribution in [0, 0.1) is 0 Å². The second-order valence-electron chi connectivity index (χ2n) is 25.8. The smallest absolute Gasteiger partial charge is 0.252 e. The number of fused-ring (bicyclic) bond motifs is 24. The van der Waals surface area contributed by atoms with Crippen molar-refractivity contribution < 1.29 is 0 Å². The average Bonchev–Trinajstić information content (AvgIpc) is 1.60. The molecule has 2 nitrogen and oxygen atoms in total. The maximum atomic E-state index is 2.65. The van der Waals surface area contributed by atoms with Crippen molar-refractivity contribution in [3.63, 3.8) is 0 Å². The molecular formula is C84H57BN2. The summed E-state index contributed by atoms with van der Waals surface area (Å²) < 4.78 is 0. The fraction of sp³-hybridized carbons (Fsp3) is 0.0714. The lowest BCUT2D eigenvalue weighted by Gasteiger charge is -2.45. The van der Waals surface area contributed by atoms with E-state index in [1.54, 1.807) is 0 Å². The molecular weight excluding hydrogens is 1050 g/mol. The third-order valence-corrected chi connectivity index (χ3v) is 20.6. The van der Waals surface area contributed by atoms with Gasteiger partial charge in [0.05, 0.1) is 10.8 Å². The molecule has 0 saturated heterocycles. The van der Waals surface area contributed by atoms with E-state index in [9.17, 15) is 0 Å². The van der Waals surface area contributed by atoms with Gasteiger partial charge in [-0.15, -0.1) is 0 Å². The minimum atomic E-state index is -0.447. The molecule has 406 valence electrons. The molecule has 0 unspecified atom stereocenters. The van der Waals surface area contributed by atoms with Crippen molar-refractivity contribution in [3.05, 3.63) is 341 Å². The number of anilines is 6. The van der Waals surface area contributed by atoms with Crippen LogP contribution in [0.3, 0.4) is 0 Å². The standard InChI is InChI=1S/C84H57BN2/c1-82(2,3)56-48-79-81-80(49-56)87(58-41-43-74-66(51-58)64-31-15-21-37-72(64)84(74)69-34-18-12-28-61(69)62-29-13-19-35-70(62)84)78-47-55(53-24-8-5-9-25-53)39-45-76(78)85(81)75-44-38-54(52-22-6-4-7-23-52)46-77(75)86(79)57-40-42-73-65(50-57)63-30-14-20-36-71(63)83(73)67-32-16-10-26-59(67)60-27-11-17-33-68(60)83/h4-51H,1-3H3. The number of nitrogens with zero attached hydrogens (tertiary/aromatic N) is 2. The first-order valence-corrected chi connectivity index (χ1v) is 30.8. The topological polar surface area (TPSA) is 6.48 Å². The Kier molecular flexibility index (Phi) is 9.86. The highest BCUT2D eigenvalue weighted by Gasteiger charge is 2.54. The molecule has 4 aliphatic carbocycles. The molecule has 0 fully saturated rings. The number of rotatable bonds is 4. The van der Waals surface area contributed by atoms with Crippen LogP contribution in [0.15, 0.2) is 291 Å². The van der Waals surface area contributed by atoms with Crippen molar-refractivity contribution in [2.45, 2.75) is 37.0 Å². The third-order valence-electron chi connectivity index (χ3n) is 20.6. The predicted octanol–water partition coefficient (Wildman–Crippen LogP) is 19.1. The fourth-order valence-electron chi connectivity index (χ4n) is 17.1. The molecule has 3 heteroatoms. The summed E-state index contributed by atoms with van der Waals surface area (Å²) in [6.45, 7) is 7.07. The van der Waals surface area contributed by atoms with E-state index in [2.05, 4.69) is 322 Å². The van der Waals surface area contributed by atoms with Crippen molar-refractivity contribution in [2.75, 3.05) is 9.80 Å². The minimum absolute atomic E-state index is 0.0778. The third kappa shape index (κ3) is 6.35. The summed E-state index contributed by atoms with van der Waals surface area (Å²) in [7, 11) is 0. The number of hydrogen-bond donors (Lipinski definition) is 0. The van der Waals surface area contributed by atoms with E-state index in [4.69, 9.17) is 0 Å². The monoisotopic (exact) mass is 1100 g/mol. The Labute approximate surface area is 509 Å². The van der Waals surface area contributed by atoms with Gasteiger partial charge in [0.25, 0.3) is 6.71 Å². The molecule has 13 aromatic rings. The Hall–Kier alpha value is -10.5. The van der Waals surface area contributed by atoms with E-state index >= 15 is 0 Å². The van der Waals surface area contributed by atoms with Crippen LogP contribution in [-0.4, -0.2) is 6.71 Å². The highest BCUT2D eigenvalue weighted by Crippen LogP contribution is 2.65. The van der Waals surface area contributed by atoms with Crippen molar-refractivity contribution >= 4 is 57.2 Å². The molecule has 13 aromatic carbocycles. The van der Waals surface area contributed by atoms with Gasteiger partial charge in [-0.1, -0.05) is 263 Å². The van der Waals surface area contributed by atoms with Gasteiger partial charge >= 0.3 is 0 Å². The fourth-order valence-corrected chi connectivity index (χ4v) is 17.1. The van der Waals surface area contributed by atoms with E-state index < -0.39 is 10.8 Å². The van der Waals surface area contributed by atoms with Gasteiger partial charge < -0.3 is 9.80 Å². The molecule has 6 aliphatic rings. The van der Waals surface area contributed by atoms with E-state index in [-0.39, 0.29) is 12.1 Å². The molecule has 0 saturated carbocycles. The van der Waals surface area contributed by atoms with Crippen LogP contribution in [0.4, 0.5) is 34.1 Å². The van der Waals surface area contributed by atoms with Gasteiger partial charge in [-0.25, -0.2) is 0 Å². The second-order valence-corrected chi connectivity index (χ2v) is 25.8. The van der Waals surface area contributed by atoms with Gasteiger partial charge in [0.15, 0.2) is 0 Å². The van der Waals surface area contributed by atoms with Crippen molar-refractivity contribution in [1.29, 1.82) is 0 Å². The molecule has 0 atom stereocenters. The first-order valence-electron chi connectivity index (χ1n) is 30.8. The summed E-state index contributed by atoms with van der Waals surface area (Å²) in [5.74, 6) is 0. The van der Waals surface area contributed by atoms with Crippen LogP contribution in [0.5, 0.6) is 0 Å². The first kappa shape index (κ1) is 48.9. The van der Waals surface area contributed by atoms with Gasteiger partial charge in [-0.3, -0.25) is 0 Å². The largest absolute Gasteiger partial charge is 0.311 e. The van der Waals surface area contributed by atoms with Gasteiger partial charge in [0.2, 0.25) is 0 Å². The second kappa shape index (κ2) is 17.6. The molecule has 2 heterocycles. The Morgan fingerprint density at radius 2 is 0.575 bits per heavy atom. The van der Waals surface area contributed by atoms with Crippen molar-refractivity contribution in [2.24, 2.45) is 0 Å². The highest BCUT2D eigenvalue weighted by molar-refractivity contribution is 7.00. The van der Waals surface area contributed by atoms with Crippen LogP contribution >= 0.6 is 0 Å². The summed E-state index contributed by atoms with van der Waals surface area (Å²) in [5.41, 5.74) is 37.2. The predicted molar refractivity (Wildman–Crippen MR) is 363 cm³/mol. The Balaban J connectivity index is 0.887. The lowest BCUT2D eigenvalue weighted by molar-refractivity contribution is 0.590. The van der Waals surface area contributed by atoms with E-state index in [0.29, 0.717) is 0 Å². The summed E-state index contributed by atoms with van der Waals surface area (Å²) in [4.78, 5) is 5.30. The summed E-state index contributed by atoms with van der Waals surface area (Å²) >= 11 is 0. The number of benzene rings is 13. The zero-order valence-corrected chi connectivity index (χ0v) is 48.7. The molecule has 87 heavy (non-hydrogen) atoms. The first-order chi connectivity index (χ1) is 42.8. The van der Waals surface area contributed by atoms with Crippen LogP contribution in [0.25, 0.3) is 66.8 Å². The van der Waals surface area contributed by atoms with E-state index in [0.717, 1.165) is 11.4 Å². The van der Waals surface area contributed by atoms with E-state index in [1.807, 2.05) is 0 Å². The van der Waals surface area contributed by atoms with Gasteiger partial charge in [-0.05, 0) is 187 Å². The quantitative estimate of drug-likeness (QED) is 0.162. The maximum Gasteiger partial charge on any atom is 0.252 e. The van der Waals surface area contributed by atoms with E-state index in [1.165, 1.54) is 156 Å². The van der Waals surface area contributed by atoms with Gasteiger partial charge in [0.1, 0.15) is 0 Å². The van der Waals surface area contributed by atoms with Crippen molar-refractivity contribution in [3.8, 4) is 66.8 Å². The molecule has 0 amide bonds. The minimum Gasteiger partial charge on any atom is -0.311 e. The van der Waals surface area contributed by atoms with Gasteiger partial charge in [0, 0.05) is 34.1 Å². The zero-order valence-electron chi connectivity index (χ0n) is 48.7. The summed E-state index contributed by atoms with van der Waals surface area (Å²) in [6, 6.07) is 112. The van der Waals surface area contributed by atoms with Crippen LogP contribution in [0.2, 0.25) is 0 Å². The molecule has 0 N–H and O–H groups in total. The lowest BCUT2D eigenvalue weighted by atomic mass is 9.33. The molecule has 0 radical (unpaired) electrons. The lowest BCUT2D eigenvalue weighted by Crippen LogP contribution is -2.61. The molecule has 19 rings (SSSR count). The van der Waals surface area contributed by atoms with Crippen molar-refractivity contribution in [1.82, 2.24) is 0 Å². The Bertz CT molecular complexity index is 4720. The normalized spacial score (nSPS) is 14.7. The van der Waals surface area contributed by atoms with Crippen LogP contribution in [0.1, 0.15) is 70.8 Å². The SMILES string of the molecule is CC(C)(C)c1cc2c3c(c1)N(c1ccc4c(c1)-c1ccccc1C41c4ccccc4-c4ccccc41)c1cc(-c4ccccc4)ccc1B3c1ccc(-c3ccccc3)cc1N2c1ccc2c(c1)-c1ccccc1C21c2ccccc2-c2ccccc21. The highest BCUT2D eigenvalue weighted by atomic mass is 15.2. The molecule has 0 bridgehead atoms. The van der Waals surface area contributed by atoms with Gasteiger partial charge in [-0.2, -0.15) is 0 Å². The molecule has 2 spiro atoms. The number of hydrogen-bond acceptors (Lipinski definition) is 2. The average molecular weight is 1110 g/mol. The Morgan fingerprint density at radius 3 is 0.920 bits per heavy atom. The molecule has 0 aromatic heterocycles. The summed E-state index contributed by atoms with van der Waals surface area (Å²) in [6.07, 6.45) is 0. The van der Waals surface area contributed by atoms with Crippen LogP contribution in [-0.2, 0) is 16.2 Å². The zero-order chi connectivity index (χ0) is 57.5. The molecule has 2 aliphatic heterocycles.